The molecule has 152 valence electrons. The fraction of sp³-hybridized carbons (Fsp3) is 0.556. The summed E-state index contributed by atoms with van der Waals surface area (Å²) in [5.41, 5.74) is 0. The molecule has 0 aliphatic heterocycles. The van der Waals surface area contributed by atoms with E-state index in [0.717, 1.165) is 31.8 Å². The average molecular weight is 529 g/mol. The van der Waals surface area contributed by atoms with Crippen LogP contribution in [0.2, 0.25) is 10.0 Å². The van der Waals surface area contributed by atoms with Crippen molar-refractivity contribution in [2.75, 3.05) is 32.8 Å². The molecule has 0 saturated heterocycles. The monoisotopic (exact) mass is 528 g/mol. The fourth-order valence-corrected chi connectivity index (χ4v) is 2.69. The van der Waals surface area contributed by atoms with Crippen LogP contribution in [0.5, 0.6) is 5.75 Å². The van der Waals surface area contributed by atoms with Gasteiger partial charge in [-0.3, -0.25) is 9.79 Å². The van der Waals surface area contributed by atoms with E-state index in [4.69, 9.17) is 27.9 Å². The molecule has 1 fully saturated rings. The predicted octanol–water partition coefficient (Wildman–Crippen LogP) is 3.46. The molecule has 0 aromatic heterocycles. The zero-order valence-electron chi connectivity index (χ0n) is 15.4. The number of guanidine groups is 1. The maximum Gasteiger partial charge on any atom is 0.223 e. The number of hydrogen-bond donors (Lipinski definition) is 3. The lowest BCUT2D eigenvalue weighted by molar-refractivity contribution is -0.122. The molecule has 9 heteroatoms. The lowest BCUT2D eigenvalue weighted by Gasteiger charge is -2.12. The summed E-state index contributed by atoms with van der Waals surface area (Å²) in [4.78, 5) is 16.1. The number of carbonyl (C=O) groups is 1. The molecule has 1 saturated carbocycles. The third-order valence-corrected chi connectivity index (χ3v) is 4.26. The molecule has 1 aromatic rings. The number of nitrogens with zero attached hydrogens (tertiary/aromatic N) is 1. The zero-order chi connectivity index (χ0) is 18.8. The maximum absolute atomic E-state index is 11.6. The Morgan fingerprint density at radius 2 is 1.96 bits per heavy atom. The number of ether oxygens (including phenoxy) is 1. The third kappa shape index (κ3) is 9.71. The molecular formula is C18H27Cl2IN4O2. The fourth-order valence-electron chi connectivity index (χ4n) is 2.23. The molecule has 0 heterocycles. The zero-order valence-corrected chi connectivity index (χ0v) is 19.2. The number of benzene rings is 1. The first kappa shape index (κ1) is 24.1. The molecule has 0 spiro atoms. The normalized spacial score (nSPS) is 13.5. The Labute approximate surface area is 187 Å². The van der Waals surface area contributed by atoms with Gasteiger partial charge < -0.3 is 20.7 Å². The highest BCUT2D eigenvalue weighted by Crippen LogP contribution is 2.28. The van der Waals surface area contributed by atoms with Crippen molar-refractivity contribution in [3.63, 3.8) is 0 Å². The van der Waals surface area contributed by atoms with Gasteiger partial charge in [-0.05, 0) is 38.0 Å². The van der Waals surface area contributed by atoms with E-state index in [1.807, 2.05) is 6.92 Å². The molecule has 0 radical (unpaired) electrons. The smallest absolute Gasteiger partial charge is 0.223 e. The van der Waals surface area contributed by atoms with Crippen LogP contribution < -0.4 is 20.7 Å². The van der Waals surface area contributed by atoms with E-state index in [9.17, 15) is 4.79 Å². The summed E-state index contributed by atoms with van der Waals surface area (Å²) < 4.78 is 5.64. The van der Waals surface area contributed by atoms with Gasteiger partial charge in [0.1, 0.15) is 5.75 Å². The Morgan fingerprint density at radius 1 is 1.22 bits per heavy atom. The van der Waals surface area contributed by atoms with Gasteiger partial charge in [0.15, 0.2) is 5.96 Å². The van der Waals surface area contributed by atoms with E-state index in [-0.39, 0.29) is 35.8 Å². The van der Waals surface area contributed by atoms with Crippen molar-refractivity contribution >= 4 is 59.0 Å². The summed E-state index contributed by atoms with van der Waals surface area (Å²) >= 11 is 11.9. The topological polar surface area (TPSA) is 74.8 Å². The molecule has 6 nitrogen and oxygen atoms in total. The molecule has 1 aromatic carbocycles. The molecule has 2 rings (SSSR count). The summed E-state index contributed by atoms with van der Waals surface area (Å²) in [6, 6.07) is 5.16. The van der Waals surface area contributed by atoms with Gasteiger partial charge in [-0.15, -0.1) is 24.0 Å². The van der Waals surface area contributed by atoms with Crippen LogP contribution in [0.3, 0.4) is 0 Å². The van der Waals surface area contributed by atoms with Crippen molar-refractivity contribution in [2.24, 2.45) is 10.9 Å². The summed E-state index contributed by atoms with van der Waals surface area (Å²) in [7, 11) is 0. The standard InChI is InChI=1S/C18H26Cl2N4O2.HI/c1-2-21-18(24-10-9-22-17(25)13-4-5-13)23-8-3-11-26-16-7-6-14(19)12-15(16)20;/h6-7,12-13H,2-5,8-11H2,1H3,(H,22,25)(H2,21,23,24);1H. The van der Waals surface area contributed by atoms with Gasteiger partial charge in [0.2, 0.25) is 5.91 Å². The summed E-state index contributed by atoms with van der Waals surface area (Å²) in [5, 5.41) is 10.4. The van der Waals surface area contributed by atoms with Crippen molar-refractivity contribution < 1.29 is 9.53 Å². The summed E-state index contributed by atoms with van der Waals surface area (Å²) in [6.07, 6.45) is 2.80. The highest BCUT2D eigenvalue weighted by atomic mass is 127. The van der Waals surface area contributed by atoms with E-state index in [1.54, 1.807) is 18.2 Å². The van der Waals surface area contributed by atoms with Crippen molar-refractivity contribution in [1.82, 2.24) is 16.0 Å². The van der Waals surface area contributed by atoms with Crippen LogP contribution in [-0.4, -0.2) is 44.7 Å². The highest BCUT2D eigenvalue weighted by Gasteiger charge is 2.28. The lowest BCUT2D eigenvalue weighted by atomic mass is 10.3. The third-order valence-electron chi connectivity index (χ3n) is 3.73. The Kier molecular flexibility index (Phi) is 11.9. The number of carbonyl (C=O) groups excluding carboxylic acids is 1. The van der Waals surface area contributed by atoms with Gasteiger partial charge >= 0.3 is 0 Å². The first-order valence-electron chi connectivity index (χ1n) is 8.98. The van der Waals surface area contributed by atoms with Crippen molar-refractivity contribution in [2.45, 2.75) is 26.2 Å². The molecule has 0 unspecified atom stereocenters. The number of aliphatic imine (C=N–C) groups is 1. The maximum atomic E-state index is 11.6. The van der Waals surface area contributed by atoms with Crippen molar-refractivity contribution in [3.05, 3.63) is 28.2 Å². The van der Waals surface area contributed by atoms with Gasteiger partial charge in [-0.1, -0.05) is 23.2 Å². The van der Waals surface area contributed by atoms with Crippen LogP contribution in [0.1, 0.15) is 26.2 Å². The molecule has 0 atom stereocenters. The van der Waals surface area contributed by atoms with Crippen LogP contribution >= 0.6 is 47.2 Å². The van der Waals surface area contributed by atoms with Gasteiger partial charge in [-0.2, -0.15) is 0 Å². The second kappa shape index (κ2) is 13.3. The lowest BCUT2D eigenvalue weighted by Crippen LogP contribution is -2.41. The van der Waals surface area contributed by atoms with Gasteiger partial charge in [0.25, 0.3) is 0 Å². The van der Waals surface area contributed by atoms with Gasteiger partial charge in [-0.25, -0.2) is 0 Å². The number of rotatable bonds is 10. The molecule has 1 amide bonds. The Balaban J connectivity index is 0.00000364. The molecule has 1 aliphatic rings. The van der Waals surface area contributed by atoms with Crippen LogP contribution in [0.15, 0.2) is 23.2 Å². The van der Waals surface area contributed by atoms with E-state index in [2.05, 4.69) is 20.9 Å². The Morgan fingerprint density at radius 3 is 2.63 bits per heavy atom. The van der Waals surface area contributed by atoms with Crippen molar-refractivity contribution in [3.8, 4) is 5.75 Å². The number of nitrogens with one attached hydrogen (secondary N) is 3. The second-order valence-electron chi connectivity index (χ2n) is 6.03. The van der Waals surface area contributed by atoms with E-state index < -0.39 is 0 Å². The number of hydrogen-bond acceptors (Lipinski definition) is 3. The quantitative estimate of drug-likeness (QED) is 0.188. The number of amides is 1. The van der Waals surface area contributed by atoms with E-state index >= 15 is 0 Å². The number of halogens is 3. The minimum Gasteiger partial charge on any atom is -0.492 e. The predicted molar refractivity (Wildman–Crippen MR) is 122 cm³/mol. The minimum absolute atomic E-state index is 0. The Hall–Kier alpha value is -0.930. The molecular weight excluding hydrogens is 502 g/mol. The van der Waals surface area contributed by atoms with Crippen LogP contribution in [0, 0.1) is 5.92 Å². The minimum atomic E-state index is 0. The highest BCUT2D eigenvalue weighted by molar-refractivity contribution is 14.0. The Bertz CT molecular complexity index is 627. The molecule has 3 N–H and O–H groups in total. The molecule has 1 aliphatic carbocycles. The average Bonchev–Trinajstić information content (AvgIpc) is 3.44. The summed E-state index contributed by atoms with van der Waals surface area (Å²) in [5.74, 6) is 1.76. The van der Waals surface area contributed by atoms with Crippen molar-refractivity contribution in [1.29, 1.82) is 0 Å². The van der Waals surface area contributed by atoms with E-state index in [1.165, 1.54) is 0 Å². The molecule has 27 heavy (non-hydrogen) atoms. The van der Waals surface area contributed by atoms with Crippen LogP contribution in [0.4, 0.5) is 0 Å². The SMILES string of the molecule is CCNC(=NCCCOc1ccc(Cl)cc1Cl)NCCNC(=O)C1CC1.I. The summed E-state index contributed by atoms with van der Waals surface area (Å²) in [6.45, 7) is 5.16. The van der Waals surface area contributed by atoms with Gasteiger partial charge in [0.05, 0.1) is 11.6 Å². The first-order chi connectivity index (χ1) is 12.6. The van der Waals surface area contributed by atoms with Gasteiger partial charge in [0, 0.05) is 43.5 Å². The first-order valence-corrected chi connectivity index (χ1v) is 9.73. The van der Waals surface area contributed by atoms with Crippen LogP contribution in [0.25, 0.3) is 0 Å². The van der Waals surface area contributed by atoms with E-state index in [0.29, 0.717) is 42.0 Å². The second-order valence-corrected chi connectivity index (χ2v) is 6.87. The molecule has 0 bridgehead atoms. The van der Waals surface area contributed by atoms with Crippen LogP contribution in [-0.2, 0) is 4.79 Å². The largest absolute Gasteiger partial charge is 0.492 e.